The maximum absolute atomic E-state index is 10.2. The second-order valence-electron chi connectivity index (χ2n) is 2.26. The number of nitrogens with one attached hydrogen (secondary N) is 1. The summed E-state index contributed by atoms with van der Waals surface area (Å²) in [6.07, 6.45) is 2.06. The van der Waals surface area contributed by atoms with Crippen molar-refractivity contribution in [2.75, 3.05) is 38.3 Å². The minimum atomic E-state index is -0.417. The molecule has 0 aromatic heterocycles. The summed E-state index contributed by atoms with van der Waals surface area (Å²) in [6, 6.07) is 0. The van der Waals surface area contributed by atoms with Crippen LogP contribution < -0.4 is 11.1 Å². The summed E-state index contributed by atoms with van der Waals surface area (Å²) >= 11 is 1.79. The molecule has 0 spiro atoms. The lowest BCUT2D eigenvalue weighted by molar-refractivity contribution is -0.122. The van der Waals surface area contributed by atoms with Crippen molar-refractivity contribution in [2.24, 2.45) is 5.73 Å². The lowest BCUT2D eigenvalue weighted by Gasteiger charge is -2.03. The molecule has 0 rings (SSSR count). The van der Waals surface area contributed by atoms with E-state index < -0.39 is 5.91 Å². The number of hydrogen-bond acceptors (Lipinski definition) is 4. The number of ether oxygens (including phenoxy) is 1. The van der Waals surface area contributed by atoms with Gasteiger partial charge in [0.2, 0.25) is 5.91 Å². The SMILES string of the molecule is CSCCNCCOCC(N)=O. The third-order valence-corrected chi connectivity index (χ3v) is 1.76. The smallest absolute Gasteiger partial charge is 0.243 e. The number of carbonyl (C=O) groups is 1. The van der Waals surface area contributed by atoms with Crippen LogP contribution in [0.1, 0.15) is 0 Å². The van der Waals surface area contributed by atoms with Gasteiger partial charge < -0.3 is 15.8 Å². The molecule has 4 nitrogen and oxygen atoms in total. The minimum absolute atomic E-state index is 0.0181. The van der Waals surface area contributed by atoms with E-state index >= 15 is 0 Å². The van der Waals surface area contributed by atoms with Gasteiger partial charge in [-0.1, -0.05) is 0 Å². The maximum atomic E-state index is 10.2. The maximum Gasteiger partial charge on any atom is 0.243 e. The Balaban J connectivity index is 2.86. The average molecular weight is 192 g/mol. The van der Waals surface area contributed by atoms with Gasteiger partial charge in [-0.15, -0.1) is 0 Å². The van der Waals surface area contributed by atoms with E-state index in [-0.39, 0.29) is 6.61 Å². The summed E-state index contributed by atoms with van der Waals surface area (Å²) in [4.78, 5) is 10.2. The van der Waals surface area contributed by atoms with Gasteiger partial charge >= 0.3 is 0 Å². The molecule has 0 bridgehead atoms. The van der Waals surface area contributed by atoms with Gasteiger partial charge in [0.05, 0.1) is 6.61 Å². The molecule has 0 aliphatic heterocycles. The Bertz CT molecular complexity index is 122. The van der Waals surface area contributed by atoms with Crippen LogP contribution in [0.4, 0.5) is 0 Å². The van der Waals surface area contributed by atoms with Gasteiger partial charge in [0.1, 0.15) is 6.61 Å². The molecular weight excluding hydrogens is 176 g/mol. The molecule has 0 aromatic carbocycles. The third kappa shape index (κ3) is 9.74. The van der Waals surface area contributed by atoms with E-state index in [9.17, 15) is 4.79 Å². The fraction of sp³-hybridized carbons (Fsp3) is 0.857. The van der Waals surface area contributed by atoms with Crippen molar-refractivity contribution in [1.29, 1.82) is 0 Å². The van der Waals surface area contributed by atoms with Crippen molar-refractivity contribution >= 4 is 17.7 Å². The molecule has 0 aromatic rings. The predicted octanol–water partition coefficient (Wildman–Crippen LogP) is -0.559. The van der Waals surface area contributed by atoms with Crippen LogP contribution in [0, 0.1) is 0 Å². The van der Waals surface area contributed by atoms with Gasteiger partial charge in [-0.2, -0.15) is 11.8 Å². The summed E-state index contributed by atoms with van der Waals surface area (Å²) in [5.41, 5.74) is 4.87. The largest absolute Gasteiger partial charge is 0.370 e. The molecule has 12 heavy (non-hydrogen) atoms. The molecule has 0 aliphatic carbocycles. The van der Waals surface area contributed by atoms with E-state index in [0.717, 1.165) is 18.8 Å². The highest BCUT2D eigenvalue weighted by atomic mass is 32.2. The van der Waals surface area contributed by atoms with Gasteiger partial charge in [0.15, 0.2) is 0 Å². The zero-order valence-corrected chi connectivity index (χ0v) is 8.15. The highest BCUT2D eigenvalue weighted by molar-refractivity contribution is 7.98. The quantitative estimate of drug-likeness (QED) is 0.506. The summed E-state index contributed by atoms with van der Waals surface area (Å²) in [5.74, 6) is 0.676. The second kappa shape index (κ2) is 8.83. The molecule has 0 radical (unpaired) electrons. The molecule has 1 amide bonds. The first-order valence-electron chi connectivity index (χ1n) is 3.83. The number of amides is 1. The Morgan fingerprint density at radius 1 is 1.58 bits per heavy atom. The van der Waals surface area contributed by atoms with Gasteiger partial charge in [-0.05, 0) is 6.26 Å². The molecule has 0 atom stereocenters. The van der Waals surface area contributed by atoms with Gasteiger partial charge in [-0.25, -0.2) is 0 Å². The fourth-order valence-electron chi connectivity index (χ4n) is 0.616. The van der Waals surface area contributed by atoms with Crippen LogP contribution in [0.5, 0.6) is 0 Å². The Hall–Kier alpha value is -0.260. The molecule has 0 saturated heterocycles. The number of thioether (sulfide) groups is 1. The Morgan fingerprint density at radius 3 is 2.92 bits per heavy atom. The Morgan fingerprint density at radius 2 is 2.33 bits per heavy atom. The van der Waals surface area contributed by atoms with E-state index in [0.29, 0.717) is 6.61 Å². The van der Waals surface area contributed by atoms with Crippen LogP contribution in [-0.4, -0.2) is 44.2 Å². The average Bonchev–Trinajstić information content (AvgIpc) is 2.02. The minimum Gasteiger partial charge on any atom is -0.370 e. The number of hydrogen-bond donors (Lipinski definition) is 2. The summed E-state index contributed by atoms with van der Waals surface area (Å²) in [6.45, 7) is 2.30. The van der Waals surface area contributed by atoms with E-state index in [2.05, 4.69) is 11.6 Å². The fourth-order valence-corrected chi connectivity index (χ4v) is 0.965. The van der Waals surface area contributed by atoms with E-state index in [1.165, 1.54) is 0 Å². The lowest BCUT2D eigenvalue weighted by Crippen LogP contribution is -2.25. The molecule has 0 aliphatic rings. The first kappa shape index (κ1) is 11.7. The van der Waals surface area contributed by atoms with Crippen LogP contribution in [-0.2, 0) is 9.53 Å². The van der Waals surface area contributed by atoms with Crippen LogP contribution in [0.25, 0.3) is 0 Å². The number of rotatable bonds is 8. The Kier molecular flexibility index (Phi) is 8.64. The predicted molar refractivity (Wildman–Crippen MR) is 51.3 cm³/mol. The van der Waals surface area contributed by atoms with Crippen molar-refractivity contribution in [3.63, 3.8) is 0 Å². The van der Waals surface area contributed by atoms with Crippen LogP contribution in [0.2, 0.25) is 0 Å². The van der Waals surface area contributed by atoms with Gasteiger partial charge in [0.25, 0.3) is 0 Å². The summed E-state index contributed by atoms with van der Waals surface area (Å²) < 4.78 is 4.93. The highest BCUT2D eigenvalue weighted by Crippen LogP contribution is 1.86. The molecule has 0 fully saturated rings. The monoisotopic (exact) mass is 192 g/mol. The zero-order valence-electron chi connectivity index (χ0n) is 7.34. The molecule has 72 valence electrons. The standard InChI is InChI=1S/C7H16N2O2S/c1-12-5-3-9-2-4-11-6-7(8)10/h9H,2-6H2,1H3,(H2,8,10). The lowest BCUT2D eigenvalue weighted by atomic mass is 10.6. The second-order valence-corrected chi connectivity index (χ2v) is 3.25. The molecule has 0 heterocycles. The van der Waals surface area contributed by atoms with Gasteiger partial charge in [-0.3, -0.25) is 4.79 Å². The van der Waals surface area contributed by atoms with Crippen LogP contribution in [0.15, 0.2) is 0 Å². The summed E-state index contributed by atoms with van der Waals surface area (Å²) in [5, 5.41) is 3.16. The normalized spacial score (nSPS) is 10.1. The number of nitrogens with two attached hydrogens (primary N) is 1. The first-order valence-corrected chi connectivity index (χ1v) is 5.22. The Labute approximate surface area is 77.2 Å². The van der Waals surface area contributed by atoms with Gasteiger partial charge in [0, 0.05) is 18.8 Å². The third-order valence-electron chi connectivity index (χ3n) is 1.15. The van der Waals surface area contributed by atoms with Crippen molar-refractivity contribution in [3.8, 4) is 0 Å². The topological polar surface area (TPSA) is 64.3 Å². The van der Waals surface area contributed by atoms with Crippen LogP contribution >= 0.6 is 11.8 Å². The molecule has 3 N–H and O–H groups in total. The molecule has 0 unspecified atom stereocenters. The summed E-state index contributed by atoms with van der Waals surface area (Å²) in [7, 11) is 0. The van der Waals surface area contributed by atoms with E-state index in [1.54, 1.807) is 11.8 Å². The van der Waals surface area contributed by atoms with Crippen molar-refractivity contribution < 1.29 is 9.53 Å². The number of primary amides is 1. The van der Waals surface area contributed by atoms with Crippen molar-refractivity contribution in [1.82, 2.24) is 5.32 Å². The molecule has 5 heteroatoms. The number of carbonyl (C=O) groups excluding carboxylic acids is 1. The molecular formula is C7H16N2O2S. The van der Waals surface area contributed by atoms with Crippen molar-refractivity contribution in [3.05, 3.63) is 0 Å². The van der Waals surface area contributed by atoms with Crippen LogP contribution in [0.3, 0.4) is 0 Å². The molecule has 0 saturated carbocycles. The first-order chi connectivity index (χ1) is 5.77. The van der Waals surface area contributed by atoms with E-state index in [4.69, 9.17) is 10.5 Å². The highest BCUT2D eigenvalue weighted by Gasteiger charge is 1.92. The zero-order chi connectivity index (χ0) is 9.23. The van der Waals surface area contributed by atoms with Crippen molar-refractivity contribution in [2.45, 2.75) is 0 Å². The van der Waals surface area contributed by atoms with E-state index in [1.807, 2.05) is 0 Å².